The SMILES string of the molecule is CCOC(=O)c1sc(NC(=O)C(Cl)Oc2ccccc2)nc1C(F)(F)F. The van der Waals surface area contributed by atoms with Crippen molar-refractivity contribution in [2.24, 2.45) is 0 Å². The molecule has 1 atom stereocenters. The van der Waals surface area contributed by atoms with Gasteiger partial charge >= 0.3 is 12.1 Å². The number of benzene rings is 1. The lowest BCUT2D eigenvalue weighted by Gasteiger charge is -2.11. The fourth-order valence-corrected chi connectivity index (χ4v) is 2.77. The third-order valence-electron chi connectivity index (χ3n) is 2.78. The number of carbonyl (C=O) groups excluding carboxylic acids is 2. The minimum atomic E-state index is -4.89. The molecular weight excluding hydrogens is 397 g/mol. The van der Waals surface area contributed by atoms with Crippen molar-refractivity contribution in [1.82, 2.24) is 4.98 Å². The zero-order valence-electron chi connectivity index (χ0n) is 13.2. The van der Waals surface area contributed by atoms with Gasteiger partial charge < -0.3 is 9.47 Å². The number of anilines is 1. The van der Waals surface area contributed by atoms with Crippen molar-refractivity contribution in [3.05, 3.63) is 40.9 Å². The van der Waals surface area contributed by atoms with E-state index in [4.69, 9.17) is 16.3 Å². The fourth-order valence-electron chi connectivity index (χ4n) is 1.73. The first-order valence-corrected chi connectivity index (χ1v) is 8.39. The van der Waals surface area contributed by atoms with Crippen LogP contribution in [0.25, 0.3) is 0 Å². The summed E-state index contributed by atoms with van der Waals surface area (Å²) in [7, 11) is 0. The van der Waals surface area contributed by atoms with Crippen LogP contribution in [0.1, 0.15) is 22.3 Å². The molecule has 0 fully saturated rings. The number of hydrogen-bond acceptors (Lipinski definition) is 6. The minimum Gasteiger partial charge on any atom is -0.465 e. The Morgan fingerprint density at radius 3 is 2.54 bits per heavy atom. The van der Waals surface area contributed by atoms with E-state index in [1.54, 1.807) is 30.3 Å². The van der Waals surface area contributed by atoms with E-state index in [1.165, 1.54) is 6.92 Å². The van der Waals surface area contributed by atoms with Gasteiger partial charge in [0.2, 0.25) is 0 Å². The molecule has 1 heterocycles. The molecule has 1 amide bonds. The second-order valence-corrected chi connectivity index (χ2v) is 6.05. The number of alkyl halides is 4. The second-order valence-electron chi connectivity index (χ2n) is 4.65. The molecule has 0 aliphatic carbocycles. The highest BCUT2D eigenvalue weighted by atomic mass is 35.5. The normalized spacial score (nSPS) is 12.3. The monoisotopic (exact) mass is 408 g/mol. The molecule has 26 heavy (non-hydrogen) atoms. The molecule has 2 aromatic rings. The zero-order chi connectivity index (χ0) is 19.3. The van der Waals surface area contributed by atoms with Crippen molar-refractivity contribution in [2.75, 3.05) is 11.9 Å². The summed E-state index contributed by atoms with van der Waals surface area (Å²) in [4.78, 5) is 26.2. The van der Waals surface area contributed by atoms with Crippen molar-refractivity contribution in [1.29, 1.82) is 0 Å². The summed E-state index contributed by atoms with van der Waals surface area (Å²) in [6, 6.07) is 8.12. The molecule has 2 rings (SSSR count). The number of amides is 1. The first-order chi connectivity index (χ1) is 12.2. The largest absolute Gasteiger partial charge is 0.465 e. The van der Waals surface area contributed by atoms with Crippen LogP contribution in [-0.2, 0) is 15.7 Å². The standard InChI is InChI=1S/C15H12ClF3N2O4S/c1-2-24-13(23)9-10(15(17,18)19)20-14(26-9)21-12(22)11(16)25-8-6-4-3-5-7-8/h3-7,11H,2H2,1H3,(H,20,21,22). The highest BCUT2D eigenvalue weighted by Crippen LogP contribution is 2.36. The average Bonchev–Trinajstić information content (AvgIpc) is 3.00. The number of para-hydroxylation sites is 1. The van der Waals surface area contributed by atoms with E-state index in [9.17, 15) is 22.8 Å². The Morgan fingerprint density at radius 1 is 1.31 bits per heavy atom. The lowest BCUT2D eigenvalue weighted by molar-refractivity contribution is -0.141. The van der Waals surface area contributed by atoms with E-state index < -0.39 is 39.3 Å². The van der Waals surface area contributed by atoms with Gasteiger partial charge in [0, 0.05) is 0 Å². The Labute approximate surface area is 154 Å². The Bertz CT molecular complexity index is 783. The van der Waals surface area contributed by atoms with Crippen LogP contribution in [0.2, 0.25) is 0 Å². The highest BCUT2D eigenvalue weighted by molar-refractivity contribution is 7.17. The number of thiazole rings is 1. The Kier molecular flexibility index (Phi) is 6.43. The molecule has 0 bridgehead atoms. The molecule has 1 aromatic carbocycles. The number of ether oxygens (including phenoxy) is 2. The molecule has 0 aliphatic heterocycles. The van der Waals surface area contributed by atoms with Crippen molar-refractivity contribution in [3.63, 3.8) is 0 Å². The van der Waals surface area contributed by atoms with Gasteiger partial charge in [-0.3, -0.25) is 10.1 Å². The lowest BCUT2D eigenvalue weighted by Crippen LogP contribution is -2.28. The van der Waals surface area contributed by atoms with Crippen molar-refractivity contribution < 1.29 is 32.2 Å². The Hall–Kier alpha value is -2.33. The van der Waals surface area contributed by atoms with Gasteiger partial charge in [0.25, 0.3) is 11.5 Å². The second kappa shape index (κ2) is 8.37. The number of rotatable bonds is 6. The Morgan fingerprint density at radius 2 is 1.96 bits per heavy atom. The number of carbonyl (C=O) groups is 2. The molecule has 140 valence electrons. The molecule has 11 heteroatoms. The third-order valence-corrected chi connectivity index (χ3v) is 4.01. The lowest BCUT2D eigenvalue weighted by atomic mass is 10.3. The van der Waals surface area contributed by atoms with E-state index in [0.717, 1.165) is 0 Å². The van der Waals surface area contributed by atoms with Crippen LogP contribution in [0.4, 0.5) is 18.3 Å². The van der Waals surface area contributed by atoms with Crippen LogP contribution in [0.15, 0.2) is 30.3 Å². The molecule has 0 aliphatic rings. The summed E-state index contributed by atoms with van der Waals surface area (Å²) >= 11 is 6.13. The maximum Gasteiger partial charge on any atom is 0.435 e. The van der Waals surface area contributed by atoms with E-state index in [0.29, 0.717) is 17.1 Å². The summed E-state index contributed by atoms with van der Waals surface area (Å²) < 4.78 is 48.8. The van der Waals surface area contributed by atoms with Gasteiger partial charge in [-0.2, -0.15) is 13.2 Å². The minimum absolute atomic E-state index is 0.107. The summed E-state index contributed by atoms with van der Waals surface area (Å²) in [5.74, 6) is -1.82. The Balaban J connectivity index is 2.15. The number of nitrogens with one attached hydrogen (secondary N) is 1. The van der Waals surface area contributed by atoms with Crippen molar-refractivity contribution in [2.45, 2.75) is 18.7 Å². The summed E-state index contributed by atoms with van der Waals surface area (Å²) in [6.45, 7) is 1.35. The number of esters is 1. The topological polar surface area (TPSA) is 77.5 Å². The van der Waals surface area contributed by atoms with Gasteiger partial charge in [-0.25, -0.2) is 9.78 Å². The molecular formula is C15H12ClF3N2O4S. The fraction of sp³-hybridized carbons (Fsp3) is 0.267. The van der Waals surface area contributed by atoms with Gasteiger partial charge in [-0.15, -0.1) is 0 Å². The van der Waals surface area contributed by atoms with E-state index >= 15 is 0 Å². The van der Waals surface area contributed by atoms with Crippen LogP contribution in [0.5, 0.6) is 5.75 Å². The molecule has 6 nitrogen and oxygen atoms in total. The molecule has 0 spiro atoms. The predicted molar refractivity (Wildman–Crippen MR) is 88.4 cm³/mol. The van der Waals surface area contributed by atoms with E-state index in [-0.39, 0.29) is 6.61 Å². The third kappa shape index (κ3) is 5.09. The molecule has 1 N–H and O–H groups in total. The van der Waals surface area contributed by atoms with Gasteiger partial charge in [-0.05, 0) is 19.1 Å². The zero-order valence-corrected chi connectivity index (χ0v) is 14.7. The molecule has 1 unspecified atom stereocenters. The van der Waals surface area contributed by atoms with Crippen molar-refractivity contribution >= 4 is 39.9 Å². The van der Waals surface area contributed by atoms with Gasteiger partial charge in [0.15, 0.2) is 10.8 Å². The first-order valence-electron chi connectivity index (χ1n) is 7.14. The van der Waals surface area contributed by atoms with Crippen LogP contribution in [0, 0.1) is 0 Å². The summed E-state index contributed by atoms with van der Waals surface area (Å²) in [5, 5.41) is 1.64. The predicted octanol–water partition coefficient (Wildman–Crippen LogP) is 3.92. The maximum absolute atomic E-state index is 13.0. The molecule has 0 saturated carbocycles. The summed E-state index contributed by atoms with van der Waals surface area (Å²) in [6.07, 6.45) is -4.89. The quantitative estimate of drug-likeness (QED) is 0.579. The van der Waals surface area contributed by atoms with Crippen molar-refractivity contribution in [3.8, 4) is 5.75 Å². The van der Waals surface area contributed by atoms with E-state index in [2.05, 4.69) is 15.0 Å². The van der Waals surface area contributed by atoms with Gasteiger partial charge in [0.1, 0.15) is 10.6 Å². The number of halogens is 4. The molecule has 1 aromatic heterocycles. The van der Waals surface area contributed by atoms with Crippen LogP contribution in [0.3, 0.4) is 0 Å². The smallest absolute Gasteiger partial charge is 0.435 e. The van der Waals surface area contributed by atoms with Crippen LogP contribution >= 0.6 is 22.9 Å². The maximum atomic E-state index is 13.0. The van der Waals surface area contributed by atoms with Gasteiger partial charge in [-0.1, -0.05) is 41.1 Å². The van der Waals surface area contributed by atoms with Crippen LogP contribution < -0.4 is 10.1 Å². The summed E-state index contributed by atoms with van der Waals surface area (Å²) in [5.41, 5.74) is -2.95. The molecule has 0 saturated heterocycles. The molecule has 0 radical (unpaired) electrons. The number of aromatic nitrogens is 1. The van der Waals surface area contributed by atoms with Crippen LogP contribution in [-0.4, -0.2) is 29.0 Å². The van der Waals surface area contributed by atoms with E-state index in [1.807, 2.05) is 0 Å². The average molecular weight is 409 g/mol. The van der Waals surface area contributed by atoms with Gasteiger partial charge in [0.05, 0.1) is 6.61 Å². The highest BCUT2D eigenvalue weighted by Gasteiger charge is 2.40. The first kappa shape index (κ1) is 20.0. The number of hydrogen-bond donors (Lipinski definition) is 1. The number of nitrogens with zero attached hydrogens (tertiary/aromatic N) is 1.